The van der Waals surface area contributed by atoms with Crippen LogP contribution in [0.3, 0.4) is 0 Å². The van der Waals surface area contributed by atoms with Gasteiger partial charge in [0.2, 0.25) is 11.8 Å². The molecule has 0 aromatic carbocycles. The summed E-state index contributed by atoms with van der Waals surface area (Å²) in [6.07, 6.45) is -1.14. The van der Waals surface area contributed by atoms with Crippen LogP contribution in [0.1, 0.15) is 33.1 Å². The Labute approximate surface area is 140 Å². The number of unbranched alkanes of at least 4 members (excludes halogenated alkanes) is 1. The minimum atomic E-state index is -1.39. The Morgan fingerprint density at radius 1 is 1.00 bits per heavy atom. The summed E-state index contributed by atoms with van der Waals surface area (Å²) in [5, 5.41) is 32.6. The van der Waals surface area contributed by atoms with Crippen molar-refractivity contribution >= 4 is 17.8 Å². The van der Waals surface area contributed by atoms with Gasteiger partial charge in [0.05, 0.1) is 12.2 Å². The number of hydrogen-bond donors (Lipinski definition) is 7. The second-order valence-corrected chi connectivity index (χ2v) is 5.68. The van der Waals surface area contributed by atoms with E-state index < -0.39 is 48.1 Å². The molecule has 9 N–H and O–H groups in total. The number of hydrogen-bond acceptors (Lipinski definition) is 7. The molecule has 5 atom stereocenters. The maximum absolute atomic E-state index is 12.2. The molecule has 24 heavy (non-hydrogen) atoms. The van der Waals surface area contributed by atoms with E-state index in [9.17, 15) is 24.6 Å². The van der Waals surface area contributed by atoms with Gasteiger partial charge in [-0.2, -0.15) is 0 Å². The van der Waals surface area contributed by atoms with Gasteiger partial charge in [-0.25, -0.2) is 4.79 Å². The van der Waals surface area contributed by atoms with Crippen LogP contribution in [0.15, 0.2) is 0 Å². The van der Waals surface area contributed by atoms with Crippen LogP contribution in [0.2, 0.25) is 0 Å². The van der Waals surface area contributed by atoms with Crippen LogP contribution >= 0.6 is 0 Å². The van der Waals surface area contributed by atoms with Crippen LogP contribution in [-0.4, -0.2) is 70.0 Å². The van der Waals surface area contributed by atoms with Gasteiger partial charge in [0.15, 0.2) is 0 Å². The minimum Gasteiger partial charge on any atom is -0.480 e. The first-order chi connectivity index (χ1) is 11.1. The van der Waals surface area contributed by atoms with E-state index in [2.05, 4.69) is 10.6 Å². The molecule has 0 saturated carbocycles. The van der Waals surface area contributed by atoms with Gasteiger partial charge in [-0.3, -0.25) is 9.59 Å². The van der Waals surface area contributed by atoms with Crippen molar-refractivity contribution in [3.63, 3.8) is 0 Å². The van der Waals surface area contributed by atoms with Crippen molar-refractivity contribution in [1.82, 2.24) is 10.6 Å². The van der Waals surface area contributed by atoms with E-state index in [0.717, 1.165) is 0 Å². The van der Waals surface area contributed by atoms with Crippen LogP contribution in [-0.2, 0) is 14.4 Å². The number of amides is 2. The monoisotopic (exact) mass is 348 g/mol. The predicted octanol–water partition coefficient (Wildman–Crippen LogP) is -2.74. The van der Waals surface area contributed by atoms with Gasteiger partial charge < -0.3 is 37.4 Å². The average molecular weight is 348 g/mol. The lowest BCUT2D eigenvalue weighted by Gasteiger charge is -2.25. The highest BCUT2D eigenvalue weighted by Gasteiger charge is 2.31. The van der Waals surface area contributed by atoms with E-state index in [1.54, 1.807) is 0 Å². The molecule has 0 bridgehead atoms. The Balaban J connectivity index is 4.88. The number of aliphatic hydroxyl groups is 2. The number of nitrogens with one attached hydrogen (secondary N) is 2. The number of carboxylic acid groups (broad SMARTS) is 1. The second-order valence-electron chi connectivity index (χ2n) is 5.68. The van der Waals surface area contributed by atoms with Crippen molar-refractivity contribution in [2.75, 3.05) is 6.54 Å². The highest BCUT2D eigenvalue weighted by Crippen LogP contribution is 2.03. The third-order valence-corrected chi connectivity index (χ3v) is 3.45. The van der Waals surface area contributed by atoms with Gasteiger partial charge in [0, 0.05) is 0 Å². The molecule has 10 heteroatoms. The van der Waals surface area contributed by atoms with Crippen LogP contribution in [0.25, 0.3) is 0 Å². The number of aliphatic hydroxyl groups excluding tert-OH is 2. The van der Waals surface area contributed by atoms with Crippen LogP contribution in [0.4, 0.5) is 0 Å². The van der Waals surface area contributed by atoms with E-state index in [-0.39, 0.29) is 6.42 Å². The zero-order chi connectivity index (χ0) is 18.9. The maximum Gasteiger partial charge on any atom is 0.326 e. The fourth-order valence-electron chi connectivity index (χ4n) is 1.89. The van der Waals surface area contributed by atoms with E-state index in [0.29, 0.717) is 19.4 Å². The summed E-state index contributed by atoms with van der Waals surface area (Å²) in [5.74, 6) is -2.91. The number of aliphatic carboxylic acids is 1. The minimum absolute atomic E-state index is 0.173. The van der Waals surface area contributed by atoms with E-state index >= 15 is 0 Å². The number of nitrogens with two attached hydrogens (primary N) is 2. The summed E-state index contributed by atoms with van der Waals surface area (Å²) in [6.45, 7) is 2.98. The van der Waals surface area contributed by atoms with Crippen LogP contribution in [0, 0.1) is 0 Å². The van der Waals surface area contributed by atoms with Gasteiger partial charge in [0.1, 0.15) is 18.1 Å². The summed E-state index contributed by atoms with van der Waals surface area (Å²) in [4.78, 5) is 35.2. The molecule has 10 nitrogen and oxygen atoms in total. The average Bonchev–Trinajstić information content (AvgIpc) is 2.49. The molecule has 0 aliphatic carbocycles. The lowest BCUT2D eigenvalue weighted by molar-refractivity contribution is -0.143. The van der Waals surface area contributed by atoms with Gasteiger partial charge in [0.25, 0.3) is 0 Å². The van der Waals surface area contributed by atoms with Gasteiger partial charge in [-0.05, 0) is 39.7 Å². The Hall–Kier alpha value is -1.75. The molecule has 0 fully saturated rings. The smallest absolute Gasteiger partial charge is 0.326 e. The van der Waals surface area contributed by atoms with Crippen molar-refractivity contribution in [2.24, 2.45) is 11.5 Å². The highest BCUT2D eigenvalue weighted by atomic mass is 16.4. The first-order valence-electron chi connectivity index (χ1n) is 7.77. The van der Waals surface area contributed by atoms with Crippen molar-refractivity contribution in [3.05, 3.63) is 0 Å². The third kappa shape index (κ3) is 7.68. The molecule has 140 valence electrons. The molecular weight excluding hydrogens is 320 g/mol. The molecule has 0 radical (unpaired) electrons. The van der Waals surface area contributed by atoms with E-state index in [1.807, 2.05) is 0 Å². The molecule has 0 unspecified atom stereocenters. The highest BCUT2D eigenvalue weighted by molar-refractivity contribution is 5.92. The van der Waals surface area contributed by atoms with Gasteiger partial charge >= 0.3 is 5.97 Å². The first kappa shape index (κ1) is 22.2. The van der Waals surface area contributed by atoms with E-state index in [1.165, 1.54) is 13.8 Å². The SMILES string of the molecule is C[C@@H](O)[C@H](N)C(=O)N[C@H](C(=O)N[C@@H](CCCCN)C(=O)O)[C@@H](C)O. The normalized spacial score (nSPS) is 17.2. The predicted molar refractivity (Wildman–Crippen MR) is 85.7 cm³/mol. The Morgan fingerprint density at radius 3 is 2.00 bits per heavy atom. The molecule has 0 saturated heterocycles. The van der Waals surface area contributed by atoms with Crippen molar-refractivity contribution in [3.8, 4) is 0 Å². The van der Waals surface area contributed by atoms with Crippen LogP contribution < -0.4 is 22.1 Å². The molecule has 0 rings (SSSR count). The molecule has 0 aliphatic heterocycles. The second kappa shape index (κ2) is 10.9. The lowest BCUT2D eigenvalue weighted by atomic mass is 10.1. The molecule has 2 amide bonds. The first-order valence-corrected chi connectivity index (χ1v) is 7.77. The van der Waals surface area contributed by atoms with Crippen molar-refractivity contribution in [2.45, 2.75) is 63.4 Å². The Bertz CT molecular complexity index is 429. The fraction of sp³-hybridized carbons (Fsp3) is 0.786. The standard InChI is InChI=1S/C14H28N4O6/c1-7(19)10(16)12(21)18-11(8(2)20)13(22)17-9(14(23)24)5-3-4-6-15/h7-11,19-20H,3-6,15-16H2,1-2H3,(H,17,22)(H,18,21)(H,23,24)/t7-,8-,9+,10+,11+/m1/s1. The summed E-state index contributed by atoms with van der Waals surface area (Å²) in [7, 11) is 0. The topological polar surface area (TPSA) is 188 Å². The van der Waals surface area contributed by atoms with Gasteiger partial charge in [-0.15, -0.1) is 0 Å². The lowest BCUT2D eigenvalue weighted by Crippen LogP contribution is -2.59. The Morgan fingerprint density at radius 2 is 1.58 bits per heavy atom. The van der Waals surface area contributed by atoms with Crippen molar-refractivity contribution in [1.29, 1.82) is 0 Å². The summed E-state index contributed by atoms with van der Waals surface area (Å²) < 4.78 is 0. The number of carbonyl (C=O) groups excluding carboxylic acids is 2. The molecule has 0 aromatic rings. The molecule has 0 aromatic heterocycles. The number of carboxylic acids is 1. The zero-order valence-corrected chi connectivity index (χ0v) is 13.9. The summed E-state index contributed by atoms with van der Waals surface area (Å²) in [6, 6.07) is -3.83. The summed E-state index contributed by atoms with van der Waals surface area (Å²) in [5.41, 5.74) is 10.8. The molecular formula is C14H28N4O6. The molecule has 0 aliphatic rings. The van der Waals surface area contributed by atoms with Crippen LogP contribution in [0.5, 0.6) is 0 Å². The van der Waals surface area contributed by atoms with E-state index in [4.69, 9.17) is 16.6 Å². The number of rotatable bonds is 11. The number of carbonyl (C=O) groups is 3. The maximum atomic E-state index is 12.2. The molecule has 0 heterocycles. The fourth-order valence-corrected chi connectivity index (χ4v) is 1.89. The third-order valence-electron chi connectivity index (χ3n) is 3.45. The zero-order valence-electron chi connectivity index (χ0n) is 13.9. The van der Waals surface area contributed by atoms with Gasteiger partial charge in [-0.1, -0.05) is 0 Å². The quantitative estimate of drug-likeness (QED) is 0.196. The largest absolute Gasteiger partial charge is 0.480 e. The Kier molecular flexibility index (Phi) is 10.1. The molecule has 0 spiro atoms. The van der Waals surface area contributed by atoms with Crippen molar-refractivity contribution < 1.29 is 29.7 Å². The summed E-state index contributed by atoms with van der Waals surface area (Å²) >= 11 is 0.